The van der Waals surface area contributed by atoms with Crippen molar-refractivity contribution in [3.05, 3.63) is 63.6 Å². The summed E-state index contributed by atoms with van der Waals surface area (Å²) in [5, 5.41) is 2.93. The number of carbonyl (C=O) groups excluding carboxylic acids is 1. The fraction of sp³-hybridized carbons (Fsp3) is 0.429. The van der Waals surface area contributed by atoms with E-state index in [1.54, 1.807) is 18.2 Å². The van der Waals surface area contributed by atoms with E-state index in [2.05, 4.69) is 24.2 Å². The molecule has 0 aromatic heterocycles. The number of hydrogen-bond acceptors (Lipinski definition) is 4. The Morgan fingerprint density at radius 1 is 1.14 bits per heavy atom. The first-order valence-corrected chi connectivity index (χ1v) is 13.1. The monoisotopic (exact) mass is 512 g/mol. The Balaban J connectivity index is 1.88. The number of halogens is 2. The lowest BCUT2D eigenvalue weighted by molar-refractivity contribution is -0.128. The second kappa shape index (κ2) is 13.7. The molecule has 3 rings (SSSR count). The summed E-state index contributed by atoms with van der Waals surface area (Å²) in [6.07, 6.45) is 6.44. The fourth-order valence-corrected chi connectivity index (χ4v) is 4.37. The predicted molar refractivity (Wildman–Crippen MR) is 146 cm³/mol. The first-order valence-electron chi connectivity index (χ1n) is 12.3. The van der Waals surface area contributed by atoms with Gasteiger partial charge in [0.25, 0.3) is 5.91 Å². The number of hydrazine groups is 1. The number of unbranched alkanes of at least 4 members (excludes halogenated alkanes) is 2. The maximum Gasteiger partial charge on any atom is 0.251 e. The van der Waals surface area contributed by atoms with E-state index in [4.69, 9.17) is 33.9 Å². The van der Waals surface area contributed by atoms with Gasteiger partial charge in [0.2, 0.25) is 0 Å². The summed E-state index contributed by atoms with van der Waals surface area (Å²) >= 11 is 12.5. The highest BCUT2D eigenvalue weighted by molar-refractivity contribution is 6.36. The molecular formula is C28H34Cl2N4O. The fourth-order valence-electron chi connectivity index (χ4n) is 3.92. The Bertz CT molecular complexity index is 1080. The van der Waals surface area contributed by atoms with Crippen molar-refractivity contribution in [3.63, 3.8) is 0 Å². The maximum absolute atomic E-state index is 13.0. The van der Waals surface area contributed by atoms with Crippen molar-refractivity contribution in [3.8, 4) is 11.8 Å². The average molecular weight is 514 g/mol. The average Bonchev–Trinajstić information content (AvgIpc) is 2.86. The topological polar surface area (TPSA) is 70.7 Å². The van der Waals surface area contributed by atoms with Gasteiger partial charge in [-0.05, 0) is 55.2 Å². The minimum Gasteiger partial charge on any atom is -0.319 e. The van der Waals surface area contributed by atoms with Crippen molar-refractivity contribution >= 4 is 40.5 Å². The van der Waals surface area contributed by atoms with Crippen LogP contribution in [0.25, 0.3) is 0 Å². The van der Waals surface area contributed by atoms with Crippen LogP contribution in [0.5, 0.6) is 0 Å². The molecule has 1 saturated heterocycles. The van der Waals surface area contributed by atoms with Crippen molar-refractivity contribution in [1.82, 2.24) is 10.4 Å². The van der Waals surface area contributed by atoms with Gasteiger partial charge < -0.3 is 5.73 Å². The number of nitrogens with one attached hydrogen (secondary N) is 1. The Kier molecular flexibility index (Phi) is 10.6. The molecule has 1 aliphatic rings. The van der Waals surface area contributed by atoms with E-state index in [9.17, 15) is 4.79 Å². The number of aliphatic imine (C=N–C) groups is 1. The highest BCUT2D eigenvalue weighted by Crippen LogP contribution is 2.30. The third-order valence-electron chi connectivity index (χ3n) is 6.12. The van der Waals surface area contributed by atoms with Crippen molar-refractivity contribution < 1.29 is 4.79 Å². The van der Waals surface area contributed by atoms with E-state index in [0.717, 1.165) is 56.3 Å². The lowest BCUT2D eigenvalue weighted by Crippen LogP contribution is -2.54. The second-order valence-electron chi connectivity index (χ2n) is 8.91. The number of nitrogens with two attached hydrogens (primary N) is 1. The third-order valence-corrected chi connectivity index (χ3v) is 6.65. The molecule has 2 unspecified atom stereocenters. The van der Waals surface area contributed by atoms with E-state index >= 15 is 0 Å². The summed E-state index contributed by atoms with van der Waals surface area (Å²) in [6.45, 7) is 5.76. The Morgan fingerprint density at radius 3 is 2.51 bits per heavy atom. The number of piperidine rings is 1. The highest BCUT2D eigenvalue weighted by atomic mass is 35.5. The van der Waals surface area contributed by atoms with E-state index in [-0.39, 0.29) is 11.8 Å². The number of hydrogen-bond donors (Lipinski definition) is 2. The SMILES string of the molecule is CCCCC#Cc1ccc(C(=Nc2ccc(Cl)cc2Cl)C(C)C(N)C(=O)NN2CCCCC2)cc1. The molecule has 1 aliphatic heterocycles. The van der Waals surface area contributed by atoms with Crippen molar-refractivity contribution in [2.75, 3.05) is 13.1 Å². The molecule has 1 heterocycles. The summed E-state index contributed by atoms with van der Waals surface area (Å²) in [7, 11) is 0. The van der Waals surface area contributed by atoms with Gasteiger partial charge in [-0.1, -0.05) is 73.9 Å². The number of benzene rings is 2. The predicted octanol–water partition coefficient (Wildman–Crippen LogP) is 6.14. The second-order valence-corrected chi connectivity index (χ2v) is 9.76. The van der Waals surface area contributed by atoms with Crippen LogP contribution in [-0.4, -0.2) is 35.8 Å². The number of rotatable bonds is 8. The van der Waals surface area contributed by atoms with Gasteiger partial charge in [0.1, 0.15) is 0 Å². The third kappa shape index (κ3) is 8.08. The number of carbonyl (C=O) groups is 1. The molecule has 0 aliphatic carbocycles. The zero-order valence-corrected chi connectivity index (χ0v) is 22.0. The van der Waals surface area contributed by atoms with Crippen LogP contribution in [0, 0.1) is 17.8 Å². The van der Waals surface area contributed by atoms with Gasteiger partial charge >= 0.3 is 0 Å². The zero-order chi connectivity index (χ0) is 25.2. The van der Waals surface area contributed by atoms with Crippen LogP contribution in [0.4, 0.5) is 5.69 Å². The van der Waals surface area contributed by atoms with E-state index < -0.39 is 6.04 Å². The van der Waals surface area contributed by atoms with Crippen LogP contribution in [-0.2, 0) is 4.79 Å². The Morgan fingerprint density at radius 2 is 1.86 bits per heavy atom. The first kappa shape index (κ1) is 27.2. The number of amides is 1. The molecule has 3 N–H and O–H groups in total. The van der Waals surface area contributed by atoms with Gasteiger partial charge in [0.15, 0.2) is 0 Å². The molecule has 1 fully saturated rings. The van der Waals surface area contributed by atoms with E-state index in [0.29, 0.717) is 21.4 Å². The molecule has 1 amide bonds. The van der Waals surface area contributed by atoms with Crippen LogP contribution < -0.4 is 11.2 Å². The summed E-state index contributed by atoms with van der Waals surface area (Å²) in [5.41, 5.74) is 12.5. The molecule has 7 heteroatoms. The van der Waals surface area contributed by atoms with Crippen molar-refractivity contribution in [1.29, 1.82) is 0 Å². The van der Waals surface area contributed by atoms with Gasteiger partial charge in [0.05, 0.1) is 22.5 Å². The molecule has 186 valence electrons. The zero-order valence-electron chi connectivity index (χ0n) is 20.5. The lowest BCUT2D eigenvalue weighted by atomic mass is 9.91. The van der Waals surface area contributed by atoms with Crippen LogP contribution in [0.2, 0.25) is 10.0 Å². The van der Waals surface area contributed by atoms with Gasteiger partial charge in [-0.2, -0.15) is 0 Å². The molecule has 0 bridgehead atoms. The molecule has 2 aromatic carbocycles. The molecule has 35 heavy (non-hydrogen) atoms. The van der Waals surface area contributed by atoms with Crippen LogP contribution >= 0.6 is 23.2 Å². The minimum absolute atomic E-state index is 0.215. The summed E-state index contributed by atoms with van der Waals surface area (Å²) in [5.74, 6) is 5.83. The molecule has 0 saturated carbocycles. The molecule has 0 radical (unpaired) electrons. The van der Waals surface area contributed by atoms with Gasteiger partial charge in [-0.3, -0.25) is 15.2 Å². The van der Waals surface area contributed by atoms with E-state index in [1.165, 1.54) is 6.42 Å². The standard InChI is InChI=1S/C28H34Cl2N4O/c1-3-4-5-7-10-21-11-13-22(14-12-21)27(32-25-16-15-23(29)19-24(25)30)20(2)26(31)28(35)33-34-17-8-6-9-18-34/h11-16,19-20,26H,3-6,8-9,17-18,31H2,1-2H3,(H,33,35). The largest absolute Gasteiger partial charge is 0.319 e. The summed E-state index contributed by atoms with van der Waals surface area (Å²) in [6, 6.07) is 12.3. The first-order chi connectivity index (χ1) is 16.9. The van der Waals surface area contributed by atoms with Crippen molar-refractivity contribution in [2.24, 2.45) is 16.6 Å². The summed E-state index contributed by atoms with van der Waals surface area (Å²) < 4.78 is 0. The maximum atomic E-state index is 13.0. The van der Waals surface area contributed by atoms with E-state index in [1.807, 2.05) is 36.2 Å². The van der Waals surface area contributed by atoms with Gasteiger partial charge in [-0.25, -0.2) is 5.01 Å². The minimum atomic E-state index is -0.782. The smallest absolute Gasteiger partial charge is 0.251 e. The Labute approximate surface area is 219 Å². The summed E-state index contributed by atoms with van der Waals surface area (Å²) in [4.78, 5) is 17.8. The highest BCUT2D eigenvalue weighted by Gasteiger charge is 2.28. The molecular weight excluding hydrogens is 479 g/mol. The van der Waals surface area contributed by atoms with Gasteiger partial charge in [-0.15, -0.1) is 0 Å². The van der Waals surface area contributed by atoms with Crippen molar-refractivity contribution in [2.45, 2.75) is 58.4 Å². The lowest BCUT2D eigenvalue weighted by Gasteiger charge is -2.29. The molecule has 5 nitrogen and oxygen atoms in total. The quantitative estimate of drug-likeness (QED) is 0.253. The normalized spacial score (nSPS) is 16.2. The van der Waals surface area contributed by atoms with Crippen LogP contribution in [0.15, 0.2) is 47.5 Å². The Hall–Kier alpha value is -2.36. The molecule has 0 spiro atoms. The van der Waals surface area contributed by atoms with Crippen LogP contribution in [0.1, 0.15) is 63.5 Å². The van der Waals surface area contributed by atoms with Gasteiger partial charge in [0, 0.05) is 36.0 Å². The molecule has 2 atom stereocenters. The number of nitrogens with zero attached hydrogens (tertiary/aromatic N) is 2. The molecule has 2 aromatic rings. The van der Waals surface area contributed by atoms with Crippen LogP contribution in [0.3, 0.4) is 0 Å².